The Bertz CT molecular complexity index is 1480. The molecule has 7 heteroatoms. The largest absolute Gasteiger partial charge is 0.348 e. The third-order valence-corrected chi connectivity index (χ3v) is 8.29. The van der Waals surface area contributed by atoms with E-state index in [9.17, 15) is 13.2 Å². The molecule has 6 nitrogen and oxygen atoms in total. The molecule has 1 aliphatic rings. The summed E-state index contributed by atoms with van der Waals surface area (Å²) in [6.45, 7) is 3.99. The molecule has 0 radical (unpaired) electrons. The Balaban J connectivity index is 1.33. The predicted molar refractivity (Wildman–Crippen MR) is 137 cm³/mol. The van der Waals surface area contributed by atoms with Crippen LogP contribution >= 0.6 is 0 Å². The van der Waals surface area contributed by atoms with Crippen molar-refractivity contribution >= 4 is 26.6 Å². The second-order valence-electron chi connectivity index (χ2n) is 9.24. The molecule has 1 N–H and O–H groups in total. The highest BCUT2D eigenvalue weighted by molar-refractivity contribution is 7.91. The molecule has 1 aliphatic carbocycles. The minimum atomic E-state index is -3.23. The average Bonchev–Trinajstić information content (AvgIpc) is 3.64. The van der Waals surface area contributed by atoms with Crippen molar-refractivity contribution in [2.75, 3.05) is 5.75 Å². The molecule has 2 aromatic heterocycles. The fourth-order valence-corrected chi connectivity index (χ4v) is 5.27. The first-order valence-corrected chi connectivity index (χ1v) is 13.6. The van der Waals surface area contributed by atoms with Gasteiger partial charge in [0.2, 0.25) is 0 Å². The number of pyridine rings is 1. The summed E-state index contributed by atoms with van der Waals surface area (Å²) in [7, 11) is -3.23. The third-order valence-electron chi connectivity index (χ3n) is 6.54. The zero-order chi connectivity index (χ0) is 24.6. The van der Waals surface area contributed by atoms with E-state index in [-0.39, 0.29) is 11.7 Å². The van der Waals surface area contributed by atoms with Crippen LogP contribution in [0.3, 0.4) is 0 Å². The summed E-state index contributed by atoms with van der Waals surface area (Å²) in [5.74, 6) is -0.0878. The molecule has 35 heavy (non-hydrogen) atoms. The van der Waals surface area contributed by atoms with Crippen molar-refractivity contribution in [2.45, 2.75) is 50.6 Å². The molecular formula is C28H29N3O3S. The molecule has 1 amide bonds. The topological polar surface area (TPSA) is 81.1 Å². The number of hydrogen-bond acceptors (Lipinski definition) is 4. The number of carbonyl (C=O) groups excluding carboxylic acids is 1. The van der Waals surface area contributed by atoms with E-state index >= 15 is 0 Å². The van der Waals surface area contributed by atoms with Crippen LogP contribution in [0.5, 0.6) is 0 Å². The summed E-state index contributed by atoms with van der Waals surface area (Å²) in [6.07, 6.45) is 5.02. The van der Waals surface area contributed by atoms with Gasteiger partial charge in [-0.1, -0.05) is 25.1 Å². The minimum Gasteiger partial charge on any atom is -0.348 e. The lowest BCUT2D eigenvalue weighted by atomic mass is 10.1. The van der Waals surface area contributed by atoms with Crippen LogP contribution in [-0.2, 0) is 22.8 Å². The molecule has 1 saturated carbocycles. The van der Waals surface area contributed by atoms with Crippen molar-refractivity contribution in [3.05, 3.63) is 94.9 Å². The second kappa shape index (κ2) is 9.30. The minimum absolute atomic E-state index is 0.0667. The van der Waals surface area contributed by atoms with E-state index in [0.29, 0.717) is 23.0 Å². The number of rotatable bonds is 8. The van der Waals surface area contributed by atoms with Crippen LogP contribution in [0.15, 0.2) is 71.8 Å². The van der Waals surface area contributed by atoms with Gasteiger partial charge in [0, 0.05) is 53.1 Å². The molecule has 5 rings (SSSR count). The van der Waals surface area contributed by atoms with E-state index in [1.54, 1.807) is 31.2 Å². The quantitative estimate of drug-likeness (QED) is 0.380. The Morgan fingerprint density at radius 3 is 2.49 bits per heavy atom. The molecule has 0 unspecified atom stereocenters. The highest BCUT2D eigenvalue weighted by atomic mass is 32.2. The van der Waals surface area contributed by atoms with E-state index in [2.05, 4.69) is 33.1 Å². The van der Waals surface area contributed by atoms with Crippen LogP contribution in [0.4, 0.5) is 0 Å². The van der Waals surface area contributed by atoms with Crippen molar-refractivity contribution in [2.24, 2.45) is 0 Å². The second-order valence-corrected chi connectivity index (χ2v) is 11.5. The lowest BCUT2D eigenvalue weighted by molar-refractivity contribution is 0.0951. The van der Waals surface area contributed by atoms with Gasteiger partial charge in [0.1, 0.15) is 0 Å². The maximum atomic E-state index is 12.9. The van der Waals surface area contributed by atoms with Crippen molar-refractivity contribution in [1.82, 2.24) is 14.9 Å². The average molecular weight is 488 g/mol. The van der Waals surface area contributed by atoms with E-state index < -0.39 is 9.84 Å². The molecule has 180 valence electrons. The first-order valence-electron chi connectivity index (χ1n) is 12.0. The van der Waals surface area contributed by atoms with Crippen LogP contribution in [-0.4, -0.2) is 29.6 Å². The Morgan fingerprint density at radius 1 is 1.06 bits per heavy atom. The highest BCUT2D eigenvalue weighted by Crippen LogP contribution is 2.40. The van der Waals surface area contributed by atoms with Gasteiger partial charge in [0.15, 0.2) is 9.84 Å². The summed E-state index contributed by atoms with van der Waals surface area (Å²) in [6, 6.07) is 19.4. The van der Waals surface area contributed by atoms with Crippen LogP contribution in [0.25, 0.3) is 10.9 Å². The predicted octanol–water partition coefficient (Wildman–Crippen LogP) is 4.99. The van der Waals surface area contributed by atoms with Gasteiger partial charge in [-0.25, -0.2) is 8.42 Å². The van der Waals surface area contributed by atoms with Crippen molar-refractivity contribution in [3.63, 3.8) is 0 Å². The Kier molecular flexibility index (Phi) is 6.19. The van der Waals surface area contributed by atoms with Gasteiger partial charge < -0.3 is 9.88 Å². The van der Waals surface area contributed by atoms with E-state index in [1.807, 2.05) is 31.3 Å². The molecule has 4 aromatic rings. The normalized spacial score (nSPS) is 13.8. The SMILES string of the molecule is CCS(=O)(=O)c1ccc(CNC(=O)c2ccc3c(c2)cc(Cc2ccc(C)cn2)n3C2CC2)cc1. The number of sulfone groups is 1. The number of hydrogen-bond donors (Lipinski definition) is 1. The Hall–Kier alpha value is -3.45. The number of nitrogens with zero attached hydrogens (tertiary/aromatic N) is 2. The summed E-state index contributed by atoms with van der Waals surface area (Å²) in [5.41, 5.74) is 6.01. The molecule has 1 fully saturated rings. The lowest BCUT2D eigenvalue weighted by Gasteiger charge is -2.10. The van der Waals surface area contributed by atoms with Crippen LogP contribution in [0.1, 0.15) is 58.7 Å². The van der Waals surface area contributed by atoms with Gasteiger partial charge in [-0.3, -0.25) is 9.78 Å². The molecule has 2 heterocycles. The summed E-state index contributed by atoms with van der Waals surface area (Å²) < 4.78 is 26.4. The molecule has 0 saturated heterocycles. The molecule has 0 atom stereocenters. The zero-order valence-electron chi connectivity index (χ0n) is 20.0. The smallest absolute Gasteiger partial charge is 0.251 e. The van der Waals surface area contributed by atoms with Crippen molar-refractivity contribution in [1.29, 1.82) is 0 Å². The Labute approximate surface area is 205 Å². The van der Waals surface area contributed by atoms with Gasteiger partial charge >= 0.3 is 0 Å². The van der Waals surface area contributed by atoms with Crippen molar-refractivity contribution < 1.29 is 13.2 Å². The van der Waals surface area contributed by atoms with Gasteiger partial charge in [-0.05, 0) is 73.4 Å². The fourth-order valence-electron chi connectivity index (χ4n) is 4.39. The standard InChI is InChI=1S/C28H29N3O3S/c1-3-35(33,34)26-11-5-20(6-12-26)18-30-28(32)21-7-13-27-22(14-21)15-25(31(27)24-9-10-24)16-23-8-4-19(2)17-29-23/h4-8,11-15,17,24H,3,9-10,16,18H2,1-2H3,(H,30,32). The molecular weight excluding hydrogens is 458 g/mol. The van der Waals surface area contributed by atoms with E-state index in [1.165, 1.54) is 18.5 Å². The maximum Gasteiger partial charge on any atom is 0.251 e. The number of carbonyl (C=O) groups is 1. The van der Waals surface area contributed by atoms with Crippen LogP contribution in [0, 0.1) is 6.92 Å². The van der Waals surface area contributed by atoms with Crippen LogP contribution < -0.4 is 5.32 Å². The van der Waals surface area contributed by atoms with Gasteiger partial charge in [0.05, 0.1) is 10.6 Å². The number of aromatic nitrogens is 2. The third kappa shape index (κ3) is 5.00. The van der Waals surface area contributed by atoms with Crippen molar-refractivity contribution in [3.8, 4) is 0 Å². The van der Waals surface area contributed by atoms with Gasteiger partial charge in [-0.2, -0.15) is 0 Å². The zero-order valence-corrected chi connectivity index (χ0v) is 20.8. The van der Waals surface area contributed by atoms with Crippen LogP contribution in [0.2, 0.25) is 0 Å². The highest BCUT2D eigenvalue weighted by Gasteiger charge is 2.27. The molecule has 0 spiro atoms. The first-order chi connectivity index (χ1) is 16.8. The van der Waals surface area contributed by atoms with E-state index in [0.717, 1.165) is 34.1 Å². The molecule has 0 bridgehead atoms. The molecule has 0 aliphatic heterocycles. The number of benzene rings is 2. The van der Waals surface area contributed by atoms with Gasteiger partial charge in [-0.15, -0.1) is 0 Å². The number of aryl methyl sites for hydroxylation is 1. The first kappa shape index (κ1) is 23.3. The van der Waals surface area contributed by atoms with Gasteiger partial charge in [0.25, 0.3) is 5.91 Å². The molecule has 2 aromatic carbocycles. The summed E-state index contributed by atoms with van der Waals surface area (Å²) >= 11 is 0. The Morgan fingerprint density at radius 2 is 1.83 bits per heavy atom. The fraction of sp³-hybridized carbons (Fsp3) is 0.286. The summed E-state index contributed by atoms with van der Waals surface area (Å²) in [4.78, 5) is 17.8. The maximum absolute atomic E-state index is 12.9. The lowest BCUT2D eigenvalue weighted by Crippen LogP contribution is -2.22. The number of nitrogens with one attached hydrogen (secondary N) is 1. The number of amides is 1. The summed E-state index contributed by atoms with van der Waals surface area (Å²) in [5, 5.41) is 4.00. The monoisotopic (exact) mass is 487 g/mol. The van der Waals surface area contributed by atoms with E-state index in [4.69, 9.17) is 0 Å². The number of fused-ring (bicyclic) bond motifs is 1.